The number of benzene rings is 8. The van der Waals surface area contributed by atoms with Crippen molar-refractivity contribution in [2.24, 2.45) is 4.99 Å². The second-order valence-electron chi connectivity index (χ2n) is 12.9. The van der Waals surface area contributed by atoms with Crippen LogP contribution in [-0.2, 0) is 0 Å². The highest BCUT2D eigenvalue weighted by Crippen LogP contribution is 2.46. The van der Waals surface area contributed by atoms with E-state index in [1.54, 1.807) is 0 Å². The molecule has 2 heterocycles. The molecule has 0 saturated carbocycles. The maximum Gasteiger partial charge on any atom is 0.196 e. The highest BCUT2D eigenvalue weighted by atomic mass is 16.5. The van der Waals surface area contributed by atoms with Gasteiger partial charge < -0.3 is 15.4 Å². The fourth-order valence-corrected chi connectivity index (χ4v) is 7.34. The summed E-state index contributed by atoms with van der Waals surface area (Å²) >= 11 is 0. The number of fused-ring (bicyclic) bond motifs is 7. The smallest absolute Gasteiger partial charge is 0.196 e. The Labute approximate surface area is 284 Å². The first-order chi connectivity index (χ1) is 24.2. The van der Waals surface area contributed by atoms with Crippen LogP contribution in [0.1, 0.15) is 34.6 Å². The van der Waals surface area contributed by atoms with E-state index in [2.05, 4.69) is 156 Å². The summed E-state index contributed by atoms with van der Waals surface area (Å²) in [5.74, 6) is 0.902. The Kier molecular flexibility index (Phi) is 6.28. The molecule has 4 heteroatoms. The molecular formula is C45H31N3O. The summed E-state index contributed by atoms with van der Waals surface area (Å²) in [5.41, 5.74) is 7.47. The minimum atomic E-state index is -0.269. The molecule has 10 rings (SSSR count). The molecule has 49 heavy (non-hydrogen) atoms. The number of ether oxygens (including phenoxy) is 1. The zero-order valence-electron chi connectivity index (χ0n) is 26.6. The van der Waals surface area contributed by atoms with Crippen LogP contribution in [0.4, 0.5) is 5.69 Å². The summed E-state index contributed by atoms with van der Waals surface area (Å²) in [6.45, 7) is 0. The summed E-state index contributed by atoms with van der Waals surface area (Å²) in [5, 5.41) is 16.8. The Hall–Kier alpha value is -6.39. The van der Waals surface area contributed by atoms with E-state index < -0.39 is 0 Å². The van der Waals surface area contributed by atoms with Gasteiger partial charge in [0.25, 0.3) is 0 Å². The molecule has 0 fully saturated rings. The van der Waals surface area contributed by atoms with Gasteiger partial charge in [-0.25, -0.2) is 0 Å². The van der Waals surface area contributed by atoms with Crippen molar-refractivity contribution in [2.75, 3.05) is 5.32 Å². The lowest BCUT2D eigenvalue weighted by molar-refractivity contribution is 0.263. The van der Waals surface area contributed by atoms with Crippen LogP contribution in [0.2, 0.25) is 0 Å². The van der Waals surface area contributed by atoms with Gasteiger partial charge in [0.05, 0.1) is 11.4 Å². The van der Waals surface area contributed by atoms with Gasteiger partial charge in [-0.1, -0.05) is 133 Å². The summed E-state index contributed by atoms with van der Waals surface area (Å²) in [4.78, 5) is 5.33. The molecule has 0 amide bonds. The molecule has 2 unspecified atom stereocenters. The lowest BCUT2D eigenvalue weighted by atomic mass is 9.96. The van der Waals surface area contributed by atoms with Crippen molar-refractivity contribution in [3.63, 3.8) is 0 Å². The predicted octanol–water partition coefficient (Wildman–Crippen LogP) is 10.9. The number of anilines is 1. The molecule has 0 bridgehead atoms. The lowest BCUT2D eigenvalue weighted by Crippen LogP contribution is -2.24. The third-order valence-electron chi connectivity index (χ3n) is 9.86. The quantitative estimate of drug-likeness (QED) is 0.190. The van der Waals surface area contributed by atoms with Crippen molar-refractivity contribution in [3.05, 3.63) is 186 Å². The van der Waals surface area contributed by atoms with Crippen molar-refractivity contribution in [2.45, 2.75) is 12.4 Å². The second kappa shape index (κ2) is 11.1. The molecule has 0 aliphatic carbocycles. The largest absolute Gasteiger partial charge is 0.464 e. The highest BCUT2D eigenvalue weighted by molar-refractivity contribution is 6.15. The number of aliphatic imine (C=N–C) groups is 1. The standard InChI is InChI=1S/C45H31N3O/c1-2-10-31(11-3-1)45-48-39-23-21-30-16-17-34-26-37(20-22-38(34)42(30)43(39)49-45)44-46-40(35-18-14-28-8-4-6-12-32(28)24-35)27-41(47-44)36-19-15-29-9-5-7-13-33(29)25-36/h1-27,44-46,48H. The molecule has 232 valence electrons. The van der Waals surface area contributed by atoms with Crippen LogP contribution in [-0.4, -0.2) is 5.71 Å². The van der Waals surface area contributed by atoms with E-state index in [0.29, 0.717) is 0 Å². The topological polar surface area (TPSA) is 45.6 Å². The number of rotatable bonds is 4. The first kappa shape index (κ1) is 27.7. The third-order valence-corrected chi connectivity index (χ3v) is 9.86. The van der Waals surface area contributed by atoms with Crippen LogP contribution in [0.25, 0.3) is 48.8 Å². The molecule has 2 atom stereocenters. The Morgan fingerprint density at radius 1 is 0.490 bits per heavy atom. The monoisotopic (exact) mass is 629 g/mol. The normalized spacial score (nSPS) is 16.9. The highest BCUT2D eigenvalue weighted by Gasteiger charge is 2.26. The van der Waals surface area contributed by atoms with E-state index in [1.165, 1.54) is 21.5 Å². The van der Waals surface area contributed by atoms with Crippen LogP contribution < -0.4 is 15.4 Å². The Morgan fingerprint density at radius 2 is 1.14 bits per heavy atom. The number of nitrogens with one attached hydrogen (secondary N) is 2. The summed E-state index contributed by atoms with van der Waals surface area (Å²) in [6.07, 6.45) is 1.71. The number of hydrogen-bond acceptors (Lipinski definition) is 4. The average Bonchev–Trinajstić information content (AvgIpc) is 3.62. The number of hydrogen-bond donors (Lipinski definition) is 2. The van der Waals surface area contributed by atoms with E-state index >= 15 is 0 Å². The summed E-state index contributed by atoms with van der Waals surface area (Å²) < 4.78 is 6.60. The predicted molar refractivity (Wildman–Crippen MR) is 203 cm³/mol. The van der Waals surface area contributed by atoms with Crippen molar-refractivity contribution in [3.8, 4) is 5.75 Å². The van der Waals surface area contributed by atoms with Gasteiger partial charge in [-0.05, 0) is 79.2 Å². The van der Waals surface area contributed by atoms with Crippen LogP contribution >= 0.6 is 0 Å². The van der Waals surface area contributed by atoms with Gasteiger partial charge >= 0.3 is 0 Å². The molecule has 4 nitrogen and oxygen atoms in total. The SMILES string of the molecule is C1=C(c2ccc3ccccc3c2)NC(c2ccc3c(ccc4ccc5c(c43)OC(c3ccccc3)N5)c2)N=C1c1ccc2ccccc2c1. The van der Waals surface area contributed by atoms with E-state index in [1.807, 2.05) is 18.2 Å². The lowest BCUT2D eigenvalue weighted by Gasteiger charge is -2.25. The second-order valence-corrected chi connectivity index (χ2v) is 12.9. The van der Waals surface area contributed by atoms with Gasteiger partial charge in [0.15, 0.2) is 12.0 Å². The van der Waals surface area contributed by atoms with Crippen molar-refractivity contribution >= 4 is 60.2 Å². The van der Waals surface area contributed by atoms with Gasteiger partial charge in [0.2, 0.25) is 0 Å². The Balaban J connectivity index is 1.08. The maximum absolute atomic E-state index is 6.60. The van der Waals surface area contributed by atoms with E-state index in [-0.39, 0.29) is 12.4 Å². The van der Waals surface area contributed by atoms with E-state index in [0.717, 1.165) is 66.6 Å². The Morgan fingerprint density at radius 3 is 1.94 bits per heavy atom. The minimum Gasteiger partial charge on any atom is -0.464 e. The maximum atomic E-state index is 6.60. The molecule has 2 N–H and O–H groups in total. The van der Waals surface area contributed by atoms with Crippen LogP contribution in [0.3, 0.4) is 0 Å². The molecule has 2 aliphatic rings. The fourth-order valence-electron chi connectivity index (χ4n) is 7.34. The zero-order chi connectivity index (χ0) is 32.3. The molecule has 0 radical (unpaired) electrons. The van der Waals surface area contributed by atoms with Gasteiger partial charge in [0.1, 0.15) is 6.17 Å². The molecule has 8 aromatic carbocycles. The number of allylic oxidation sites excluding steroid dienone is 1. The number of nitrogens with zero attached hydrogens (tertiary/aromatic N) is 1. The molecule has 0 aromatic heterocycles. The van der Waals surface area contributed by atoms with E-state index in [4.69, 9.17) is 9.73 Å². The van der Waals surface area contributed by atoms with Gasteiger partial charge in [-0.2, -0.15) is 0 Å². The van der Waals surface area contributed by atoms with Gasteiger partial charge in [0, 0.05) is 22.2 Å². The third kappa shape index (κ3) is 4.80. The summed E-state index contributed by atoms with van der Waals surface area (Å²) in [6, 6.07) is 56.0. The molecule has 2 aliphatic heterocycles. The minimum absolute atomic E-state index is 0.217. The molecule has 0 spiro atoms. The van der Waals surface area contributed by atoms with Crippen LogP contribution in [0.5, 0.6) is 5.75 Å². The van der Waals surface area contributed by atoms with Crippen LogP contribution in [0, 0.1) is 0 Å². The Bertz CT molecular complexity index is 2660. The first-order valence-electron chi connectivity index (χ1n) is 16.8. The molecule has 0 saturated heterocycles. The fraction of sp³-hybridized carbons (Fsp3) is 0.0444. The summed E-state index contributed by atoms with van der Waals surface area (Å²) in [7, 11) is 0. The van der Waals surface area contributed by atoms with Crippen molar-refractivity contribution in [1.29, 1.82) is 0 Å². The van der Waals surface area contributed by atoms with Crippen molar-refractivity contribution < 1.29 is 4.74 Å². The van der Waals surface area contributed by atoms with E-state index in [9.17, 15) is 0 Å². The zero-order valence-corrected chi connectivity index (χ0v) is 26.6. The molecular weight excluding hydrogens is 599 g/mol. The first-order valence-corrected chi connectivity index (χ1v) is 16.8. The van der Waals surface area contributed by atoms with Gasteiger partial charge in [-0.3, -0.25) is 4.99 Å². The average molecular weight is 630 g/mol. The van der Waals surface area contributed by atoms with Gasteiger partial charge in [-0.15, -0.1) is 0 Å². The molecule has 8 aromatic rings. The van der Waals surface area contributed by atoms with Crippen molar-refractivity contribution in [1.82, 2.24) is 5.32 Å². The van der Waals surface area contributed by atoms with Crippen LogP contribution in [0.15, 0.2) is 169 Å².